The van der Waals surface area contributed by atoms with Crippen LogP contribution < -0.4 is 11.1 Å². The second-order valence-electron chi connectivity index (χ2n) is 5.66. The van der Waals surface area contributed by atoms with E-state index in [-0.39, 0.29) is 11.6 Å². The van der Waals surface area contributed by atoms with Gasteiger partial charge in [-0.2, -0.15) is 0 Å². The Bertz CT molecular complexity index is 236. The molecule has 0 heterocycles. The van der Waals surface area contributed by atoms with Gasteiger partial charge in [-0.25, -0.2) is 4.79 Å². The highest BCUT2D eigenvalue weighted by molar-refractivity contribution is 5.71. The zero-order valence-electron chi connectivity index (χ0n) is 10.6. The fraction of sp³-hybridized carbons (Fsp3) is 0.917. The van der Waals surface area contributed by atoms with E-state index in [1.165, 1.54) is 6.42 Å². The molecular formula is C12H24N2O2. The van der Waals surface area contributed by atoms with Crippen LogP contribution in [0.5, 0.6) is 0 Å². The summed E-state index contributed by atoms with van der Waals surface area (Å²) in [7, 11) is 0. The number of rotatable bonds is 3. The minimum absolute atomic E-state index is 0.0793. The smallest absolute Gasteiger partial charge is 0.312 e. The number of primary amides is 1. The molecule has 16 heavy (non-hydrogen) atoms. The lowest BCUT2D eigenvalue weighted by molar-refractivity contribution is -0.0295. The van der Waals surface area contributed by atoms with E-state index in [0.717, 1.165) is 25.9 Å². The number of carbonyl (C=O) groups is 1. The highest BCUT2D eigenvalue weighted by Crippen LogP contribution is 2.25. The number of urea groups is 1. The molecule has 94 valence electrons. The number of hydrogen-bond donors (Lipinski definition) is 2. The maximum atomic E-state index is 10.8. The SMILES string of the molecule is CC(C)(C)OC[C@H]1CCC[C@H](NC(N)=O)C1. The molecule has 1 aliphatic carbocycles. The van der Waals surface area contributed by atoms with Crippen molar-refractivity contribution in [2.45, 2.75) is 58.1 Å². The molecule has 0 aliphatic heterocycles. The maximum Gasteiger partial charge on any atom is 0.312 e. The molecular weight excluding hydrogens is 204 g/mol. The Morgan fingerprint density at radius 3 is 2.69 bits per heavy atom. The molecule has 0 radical (unpaired) electrons. The van der Waals surface area contributed by atoms with Gasteiger partial charge in [0.1, 0.15) is 0 Å². The summed E-state index contributed by atoms with van der Waals surface area (Å²) in [5, 5.41) is 2.79. The summed E-state index contributed by atoms with van der Waals surface area (Å²) in [6.07, 6.45) is 4.35. The number of ether oxygens (including phenoxy) is 1. The van der Waals surface area contributed by atoms with Crippen molar-refractivity contribution in [2.75, 3.05) is 6.61 Å². The molecule has 3 N–H and O–H groups in total. The second kappa shape index (κ2) is 5.53. The van der Waals surface area contributed by atoms with Gasteiger partial charge in [0.15, 0.2) is 0 Å². The predicted molar refractivity (Wildman–Crippen MR) is 64.2 cm³/mol. The average molecular weight is 228 g/mol. The van der Waals surface area contributed by atoms with Crippen LogP contribution in [0, 0.1) is 5.92 Å². The van der Waals surface area contributed by atoms with Gasteiger partial charge in [-0.15, -0.1) is 0 Å². The number of amides is 2. The first-order chi connectivity index (χ1) is 7.37. The Balaban J connectivity index is 2.30. The van der Waals surface area contributed by atoms with Crippen LogP contribution in [0.15, 0.2) is 0 Å². The molecule has 4 heteroatoms. The second-order valence-corrected chi connectivity index (χ2v) is 5.66. The fourth-order valence-electron chi connectivity index (χ4n) is 2.14. The van der Waals surface area contributed by atoms with Crippen LogP contribution in [0.1, 0.15) is 46.5 Å². The van der Waals surface area contributed by atoms with Gasteiger partial charge >= 0.3 is 6.03 Å². The van der Waals surface area contributed by atoms with Crippen molar-refractivity contribution in [3.63, 3.8) is 0 Å². The molecule has 0 bridgehead atoms. The number of hydrogen-bond acceptors (Lipinski definition) is 2. The molecule has 0 saturated heterocycles. The Morgan fingerprint density at radius 1 is 1.44 bits per heavy atom. The highest BCUT2D eigenvalue weighted by Gasteiger charge is 2.24. The van der Waals surface area contributed by atoms with Gasteiger partial charge < -0.3 is 15.8 Å². The largest absolute Gasteiger partial charge is 0.376 e. The van der Waals surface area contributed by atoms with Crippen molar-refractivity contribution < 1.29 is 9.53 Å². The van der Waals surface area contributed by atoms with E-state index in [1.807, 2.05) is 0 Å². The van der Waals surface area contributed by atoms with Crippen LogP contribution in [-0.2, 0) is 4.74 Å². The zero-order chi connectivity index (χ0) is 12.2. The minimum atomic E-state index is -0.414. The van der Waals surface area contributed by atoms with E-state index in [2.05, 4.69) is 26.1 Å². The number of carbonyl (C=O) groups excluding carboxylic acids is 1. The maximum absolute atomic E-state index is 10.8. The topological polar surface area (TPSA) is 64.3 Å². The van der Waals surface area contributed by atoms with Gasteiger partial charge in [0, 0.05) is 6.04 Å². The Morgan fingerprint density at radius 2 is 2.12 bits per heavy atom. The zero-order valence-corrected chi connectivity index (χ0v) is 10.6. The third-order valence-electron chi connectivity index (χ3n) is 2.88. The quantitative estimate of drug-likeness (QED) is 0.776. The van der Waals surface area contributed by atoms with Crippen molar-refractivity contribution in [1.29, 1.82) is 0 Å². The molecule has 4 nitrogen and oxygen atoms in total. The van der Waals surface area contributed by atoms with Crippen molar-refractivity contribution >= 4 is 6.03 Å². The lowest BCUT2D eigenvalue weighted by atomic mass is 9.86. The first-order valence-electron chi connectivity index (χ1n) is 6.07. The molecule has 0 aromatic rings. The molecule has 1 rings (SSSR count). The molecule has 2 atom stereocenters. The summed E-state index contributed by atoms with van der Waals surface area (Å²) in [5.74, 6) is 0.546. The Labute approximate surface area is 97.9 Å². The molecule has 0 aromatic carbocycles. The normalized spacial score (nSPS) is 26.4. The van der Waals surface area contributed by atoms with Crippen molar-refractivity contribution in [3.05, 3.63) is 0 Å². The lowest BCUT2D eigenvalue weighted by Crippen LogP contribution is -2.42. The van der Waals surface area contributed by atoms with Crippen molar-refractivity contribution in [3.8, 4) is 0 Å². The summed E-state index contributed by atoms with van der Waals surface area (Å²) in [6, 6.07) is -0.179. The highest BCUT2D eigenvalue weighted by atomic mass is 16.5. The van der Waals surface area contributed by atoms with E-state index < -0.39 is 6.03 Å². The first-order valence-corrected chi connectivity index (χ1v) is 6.07. The van der Waals surface area contributed by atoms with Crippen LogP contribution >= 0.6 is 0 Å². The molecule has 1 aliphatic rings. The van der Waals surface area contributed by atoms with Crippen LogP contribution in [0.25, 0.3) is 0 Å². The third-order valence-corrected chi connectivity index (χ3v) is 2.88. The van der Waals surface area contributed by atoms with Gasteiger partial charge in [-0.1, -0.05) is 6.42 Å². The lowest BCUT2D eigenvalue weighted by Gasteiger charge is -2.31. The Kier molecular flexibility index (Phi) is 4.59. The molecule has 1 fully saturated rings. The van der Waals surface area contributed by atoms with Gasteiger partial charge in [0.05, 0.1) is 12.2 Å². The van der Waals surface area contributed by atoms with E-state index in [1.54, 1.807) is 0 Å². The number of nitrogens with two attached hydrogens (primary N) is 1. The van der Waals surface area contributed by atoms with E-state index in [0.29, 0.717) is 5.92 Å². The van der Waals surface area contributed by atoms with E-state index >= 15 is 0 Å². The monoisotopic (exact) mass is 228 g/mol. The molecule has 2 amide bonds. The minimum Gasteiger partial charge on any atom is -0.376 e. The van der Waals surface area contributed by atoms with E-state index in [9.17, 15) is 4.79 Å². The summed E-state index contributed by atoms with van der Waals surface area (Å²) >= 11 is 0. The predicted octanol–water partition coefficient (Wildman–Crippen LogP) is 2.03. The average Bonchev–Trinajstić information content (AvgIpc) is 2.13. The summed E-state index contributed by atoms with van der Waals surface area (Å²) in [4.78, 5) is 10.8. The van der Waals surface area contributed by atoms with Crippen molar-refractivity contribution in [1.82, 2.24) is 5.32 Å². The van der Waals surface area contributed by atoms with Gasteiger partial charge in [0.25, 0.3) is 0 Å². The van der Waals surface area contributed by atoms with Gasteiger partial charge in [0.2, 0.25) is 0 Å². The van der Waals surface area contributed by atoms with Gasteiger partial charge in [-0.05, 0) is 46.0 Å². The molecule has 0 unspecified atom stereocenters. The Hall–Kier alpha value is -0.770. The van der Waals surface area contributed by atoms with Crippen LogP contribution in [-0.4, -0.2) is 24.3 Å². The van der Waals surface area contributed by atoms with Crippen LogP contribution in [0.2, 0.25) is 0 Å². The number of nitrogens with one attached hydrogen (secondary N) is 1. The summed E-state index contributed by atoms with van der Waals surface area (Å²) in [6.45, 7) is 6.97. The standard InChI is InChI=1S/C12H24N2O2/c1-12(2,3)16-8-9-5-4-6-10(7-9)14-11(13)15/h9-10H,4-8H2,1-3H3,(H3,13,14,15)/t9-,10-/m0/s1. The molecule has 1 saturated carbocycles. The van der Waals surface area contributed by atoms with Gasteiger partial charge in [-0.3, -0.25) is 0 Å². The van der Waals surface area contributed by atoms with Crippen LogP contribution in [0.3, 0.4) is 0 Å². The third kappa shape index (κ3) is 5.35. The fourth-order valence-corrected chi connectivity index (χ4v) is 2.14. The summed E-state index contributed by atoms with van der Waals surface area (Å²) in [5.41, 5.74) is 5.05. The molecule has 0 aromatic heterocycles. The first kappa shape index (κ1) is 13.3. The summed E-state index contributed by atoms with van der Waals surface area (Å²) < 4.78 is 5.78. The molecule has 0 spiro atoms. The van der Waals surface area contributed by atoms with E-state index in [4.69, 9.17) is 10.5 Å². The van der Waals surface area contributed by atoms with Crippen molar-refractivity contribution in [2.24, 2.45) is 11.7 Å². The van der Waals surface area contributed by atoms with Crippen LogP contribution in [0.4, 0.5) is 4.79 Å².